The lowest BCUT2D eigenvalue weighted by atomic mass is 10.1. The Morgan fingerprint density at radius 2 is 1.75 bits per heavy atom. The third kappa shape index (κ3) is 4.04. The van der Waals surface area contributed by atoms with Crippen molar-refractivity contribution in [2.24, 2.45) is 0 Å². The molecule has 1 heterocycles. The van der Waals surface area contributed by atoms with Crippen LogP contribution in [0.15, 0.2) is 30.3 Å². The van der Waals surface area contributed by atoms with Gasteiger partial charge in [-0.25, -0.2) is 0 Å². The van der Waals surface area contributed by atoms with Crippen LogP contribution in [0.5, 0.6) is 5.75 Å². The van der Waals surface area contributed by atoms with Gasteiger partial charge in [0.25, 0.3) is 0 Å². The third-order valence-corrected chi connectivity index (χ3v) is 4.90. The molecule has 0 aliphatic rings. The molecule has 0 fully saturated rings. The topological polar surface area (TPSA) is 9.23 Å². The maximum atomic E-state index is 12.1. The summed E-state index contributed by atoms with van der Waals surface area (Å²) in [6.07, 6.45) is -4.69. The van der Waals surface area contributed by atoms with Crippen LogP contribution in [-0.2, 0) is 0 Å². The van der Waals surface area contributed by atoms with E-state index in [1.54, 1.807) is 6.07 Å². The molecule has 1 aromatic carbocycles. The minimum Gasteiger partial charge on any atom is -0.406 e. The fourth-order valence-electron chi connectivity index (χ4n) is 1.54. The van der Waals surface area contributed by atoms with Gasteiger partial charge in [-0.1, -0.05) is 51.3 Å². The van der Waals surface area contributed by atoms with Crippen molar-refractivity contribution in [1.82, 2.24) is 0 Å². The maximum Gasteiger partial charge on any atom is 0.573 e. The van der Waals surface area contributed by atoms with Crippen LogP contribution < -0.4 is 4.74 Å². The van der Waals surface area contributed by atoms with E-state index in [4.69, 9.17) is 23.2 Å². The van der Waals surface area contributed by atoms with Gasteiger partial charge in [-0.05, 0) is 23.8 Å². The normalized spacial score (nSPS) is 13.3. The van der Waals surface area contributed by atoms with E-state index in [1.165, 1.54) is 35.6 Å². The summed E-state index contributed by atoms with van der Waals surface area (Å²) in [7, 11) is 0. The molecule has 2 rings (SSSR count). The quantitative estimate of drug-likeness (QED) is 0.534. The second kappa shape index (κ2) is 6.13. The van der Waals surface area contributed by atoms with Crippen molar-refractivity contribution < 1.29 is 17.9 Å². The van der Waals surface area contributed by atoms with Crippen molar-refractivity contribution in [2.45, 2.75) is 11.2 Å². The highest BCUT2D eigenvalue weighted by atomic mass is 79.9. The van der Waals surface area contributed by atoms with E-state index in [1.807, 2.05) is 0 Å². The molecule has 0 amide bonds. The van der Waals surface area contributed by atoms with E-state index in [0.717, 1.165) is 11.1 Å². The standard InChI is InChI=1S/C12H6BrCl2F3OS/c13-10(8-5-9(14)20-11(8)15)6-1-3-7(4-2-6)19-12(16,17)18/h1-5,10H. The fourth-order valence-corrected chi connectivity index (χ4v) is 4.03. The number of halogens is 6. The van der Waals surface area contributed by atoms with Crippen LogP contribution in [0.4, 0.5) is 13.2 Å². The van der Waals surface area contributed by atoms with E-state index in [0.29, 0.717) is 8.67 Å². The van der Waals surface area contributed by atoms with E-state index >= 15 is 0 Å². The van der Waals surface area contributed by atoms with Crippen molar-refractivity contribution >= 4 is 50.5 Å². The van der Waals surface area contributed by atoms with Crippen molar-refractivity contribution in [3.63, 3.8) is 0 Å². The zero-order chi connectivity index (χ0) is 14.9. The Bertz CT molecular complexity index is 598. The van der Waals surface area contributed by atoms with Gasteiger partial charge < -0.3 is 4.74 Å². The van der Waals surface area contributed by atoms with Crippen LogP contribution >= 0.6 is 50.5 Å². The van der Waals surface area contributed by atoms with E-state index < -0.39 is 6.36 Å². The average Bonchev–Trinajstić information content (AvgIpc) is 2.66. The van der Waals surface area contributed by atoms with E-state index in [2.05, 4.69) is 20.7 Å². The molecule has 0 radical (unpaired) electrons. The third-order valence-electron chi connectivity index (χ3n) is 2.36. The Hall–Kier alpha value is -0.430. The molecular weight excluding hydrogens is 400 g/mol. The molecule has 1 unspecified atom stereocenters. The second-order valence-electron chi connectivity index (χ2n) is 3.76. The molecule has 0 N–H and O–H groups in total. The van der Waals surface area contributed by atoms with Crippen LogP contribution in [-0.4, -0.2) is 6.36 Å². The van der Waals surface area contributed by atoms with Gasteiger partial charge in [0.15, 0.2) is 0 Å². The Kier molecular flexibility index (Phi) is 4.89. The molecule has 1 nitrogen and oxygen atoms in total. The van der Waals surface area contributed by atoms with E-state index in [9.17, 15) is 13.2 Å². The number of thiophene rings is 1. The molecule has 0 aliphatic heterocycles. The Labute approximate surface area is 135 Å². The molecule has 8 heteroatoms. The number of benzene rings is 1. The van der Waals surface area contributed by atoms with Gasteiger partial charge in [-0.3, -0.25) is 0 Å². The average molecular weight is 406 g/mol. The summed E-state index contributed by atoms with van der Waals surface area (Å²) < 4.78 is 41.1. The molecule has 1 aromatic heterocycles. The lowest BCUT2D eigenvalue weighted by molar-refractivity contribution is -0.274. The molecule has 108 valence electrons. The van der Waals surface area contributed by atoms with Crippen LogP contribution in [0.25, 0.3) is 0 Å². The van der Waals surface area contributed by atoms with Crippen LogP contribution in [0, 0.1) is 0 Å². The first-order valence-electron chi connectivity index (χ1n) is 5.21. The smallest absolute Gasteiger partial charge is 0.406 e. The number of hydrogen-bond acceptors (Lipinski definition) is 2. The molecule has 1 atom stereocenters. The monoisotopic (exact) mass is 404 g/mol. The van der Waals surface area contributed by atoms with Gasteiger partial charge in [0, 0.05) is 5.56 Å². The molecule has 0 aliphatic carbocycles. The summed E-state index contributed by atoms with van der Waals surface area (Å²) in [4.78, 5) is -0.251. The predicted molar refractivity (Wildman–Crippen MR) is 78.2 cm³/mol. The van der Waals surface area contributed by atoms with Gasteiger partial charge in [0.2, 0.25) is 0 Å². The summed E-state index contributed by atoms with van der Waals surface area (Å²) in [5, 5.41) is 0. The number of rotatable bonds is 3. The molecular formula is C12H6BrCl2F3OS. The molecule has 0 saturated heterocycles. The van der Waals surface area contributed by atoms with Crippen LogP contribution in [0.2, 0.25) is 8.67 Å². The first kappa shape index (κ1) is 15.9. The summed E-state index contributed by atoms with van der Waals surface area (Å²) >= 11 is 16.6. The predicted octanol–water partition coefficient (Wildman–Crippen LogP) is 6.44. The van der Waals surface area contributed by atoms with Crippen LogP contribution in [0.1, 0.15) is 16.0 Å². The van der Waals surface area contributed by atoms with Gasteiger partial charge in [-0.15, -0.1) is 24.5 Å². The van der Waals surface area contributed by atoms with Crippen molar-refractivity contribution in [3.05, 3.63) is 50.1 Å². The van der Waals surface area contributed by atoms with Gasteiger partial charge in [0.1, 0.15) is 5.75 Å². The first-order chi connectivity index (χ1) is 9.26. The van der Waals surface area contributed by atoms with Gasteiger partial charge in [0.05, 0.1) is 13.5 Å². The Balaban J connectivity index is 2.19. The van der Waals surface area contributed by atoms with E-state index in [-0.39, 0.29) is 10.6 Å². The van der Waals surface area contributed by atoms with Gasteiger partial charge in [-0.2, -0.15) is 0 Å². The van der Waals surface area contributed by atoms with Crippen molar-refractivity contribution in [2.75, 3.05) is 0 Å². The minimum absolute atomic E-state index is 0.251. The van der Waals surface area contributed by atoms with Crippen molar-refractivity contribution in [1.29, 1.82) is 0 Å². The lowest BCUT2D eigenvalue weighted by Gasteiger charge is -2.12. The zero-order valence-corrected chi connectivity index (χ0v) is 13.5. The number of hydrogen-bond donors (Lipinski definition) is 0. The molecule has 2 aromatic rings. The Morgan fingerprint density at radius 1 is 1.15 bits per heavy atom. The van der Waals surface area contributed by atoms with Crippen LogP contribution in [0.3, 0.4) is 0 Å². The maximum absolute atomic E-state index is 12.1. The highest BCUT2D eigenvalue weighted by Crippen LogP contribution is 2.41. The highest BCUT2D eigenvalue weighted by Gasteiger charge is 2.31. The number of ether oxygens (including phenoxy) is 1. The number of alkyl halides is 4. The fraction of sp³-hybridized carbons (Fsp3) is 0.167. The van der Waals surface area contributed by atoms with Gasteiger partial charge >= 0.3 is 6.36 Å². The molecule has 0 bridgehead atoms. The van der Waals surface area contributed by atoms with Crippen molar-refractivity contribution in [3.8, 4) is 5.75 Å². The zero-order valence-electron chi connectivity index (χ0n) is 9.55. The highest BCUT2D eigenvalue weighted by molar-refractivity contribution is 9.09. The summed E-state index contributed by atoms with van der Waals surface area (Å²) in [6, 6.07) is 7.27. The SMILES string of the molecule is FC(F)(F)Oc1ccc(C(Br)c2cc(Cl)sc2Cl)cc1. The summed E-state index contributed by atoms with van der Waals surface area (Å²) in [6.45, 7) is 0. The lowest BCUT2D eigenvalue weighted by Crippen LogP contribution is -2.17. The second-order valence-corrected chi connectivity index (χ2v) is 6.96. The minimum atomic E-state index is -4.69. The molecule has 20 heavy (non-hydrogen) atoms. The molecule has 0 saturated carbocycles. The Morgan fingerprint density at radius 3 is 2.20 bits per heavy atom. The first-order valence-corrected chi connectivity index (χ1v) is 7.69. The largest absolute Gasteiger partial charge is 0.573 e. The molecule has 0 spiro atoms. The summed E-state index contributed by atoms with van der Waals surface area (Å²) in [5.74, 6) is -0.268. The summed E-state index contributed by atoms with van der Waals surface area (Å²) in [5.41, 5.74) is 1.52.